The Morgan fingerprint density at radius 3 is 2.45 bits per heavy atom. The average Bonchev–Trinajstić information content (AvgIpc) is 2.39. The van der Waals surface area contributed by atoms with Crippen molar-refractivity contribution in [3.05, 3.63) is 50.6 Å². The van der Waals surface area contributed by atoms with Gasteiger partial charge in [0.1, 0.15) is 5.75 Å². The summed E-state index contributed by atoms with van der Waals surface area (Å²) in [5.41, 5.74) is 2.01. The van der Waals surface area contributed by atoms with E-state index in [0.717, 1.165) is 17.8 Å². The molecule has 106 valence electrons. The first-order valence-corrected chi connectivity index (χ1v) is 7.08. The number of hydrogen-bond donors (Lipinski definition) is 1. The molecular formula is C14H13Cl3N2O. The number of aromatic nitrogens is 1. The minimum Gasteiger partial charge on any atom is -0.437 e. The summed E-state index contributed by atoms with van der Waals surface area (Å²) in [6.07, 6.45) is 0. The lowest BCUT2D eigenvalue weighted by Crippen LogP contribution is -2.07. The van der Waals surface area contributed by atoms with E-state index in [1.807, 2.05) is 20.0 Å². The second kappa shape index (κ2) is 6.64. The number of halogens is 3. The van der Waals surface area contributed by atoms with Crippen molar-refractivity contribution in [2.75, 3.05) is 7.05 Å². The van der Waals surface area contributed by atoms with E-state index in [1.165, 1.54) is 0 Å². The molecule has 0 atom stereocenters. The van der Waals surface area contributed by atoms with Crippen LogP contribution in [0.25, 0.3) is 0 Å². The van der Waals surface area contributed by atoms with Crippen molar-refractivity contribution in [2.24, 2.45) is 0 Å². The van der Waals surface area contributed by atoms with Crippen molar-refractivity contribution in [3.8, 4) is 11.6 Å². The van der Waals surface area contributed by atoms with Gasteiger partial charge in [-0.2, -0.15) is 0 Å². The number of rotatable bonds is 4. The molecule has 0 fully saturated rings. The van der Waals surface area contributed by atoms with Gasteiger partial charge in [0.15, 0.2) is 0 Å². The third-order valence-corrected chi connectivity index (χ3v) is 3.74. The SMILES string of the molecule is CNCc1ccc(Oc2cc(Cl)c(Cl)cc2Cl)nc1C. The summed E-state index contributed by atoms with van der Waals surface area (Å²) in [5.74, 6) is 0.886. The molecule has 1 N–H and O–H groups in total. The summed E-state index contributed by atoms with van der Waals surface area (Å²) in [7, 11) is 1.89. The predicted molar refractivity (Wildman–Crippen MR) is 83.3 cm³/mol. The highest BCUT2D eigenvalue weighted by Crippen LogP contribution is 2.36. The Hall–Kier alpha value is -1.000. The van der Waals surface area contributed by atoms with Gasteiger partial charge in [0.25, 0.3) is 0 Å². The number of pyridine rings is 1. The van der Waals surface area contributed by atoms with Gasteiger partial charge in [-0.05, 0) is 25.6 Å². The van der Waals surface area contributed by atoms with Gasteiger partial charge in [-0.3, -0.25) is 0 Å². The Labute approximate surface area is 132 Å². The first-order valence-electron chi connectivity index (χ1n) is 5.94. The van der Waals surface area contributed by atoms with E-state index in [1.54, 1.807) is 18.2 Å². The molecule has 2 rings (SSSR count). The van der Waals surface area contributed by atoms with Crippen LogP contribution in [-0.4, -0.2) is 12.0 Å². The smallest absolute Gasteiger partial charge is 0.219 e. The molecule has 6 heteroatoms. The van der Waals surface area contributed by atoms with Crippen LogP contribution in [0.5, 0.6) is 11.6 Å². The molecule has 1 aromatic carbocycles. The van der Waals surface area contributed by atoms with E-state index in [9.17, 15) is 0 Å². The van der Waals surface area contributed by atoms with Crippen LogP contribution in [0.2, 0.25) is 15.1 Å². The van der Waals surface area contributed by atoms with Gasteiger partial charge in [-0.15, -0.1) is 0 Å². The number of hydrogen-bond acceptors (Lipinski definition) is 3. The molecule has 0 spiro atoms. The van der Waals surface area contributed by atoms with Crippen molar-refractivity contribution >= 4 is 34.8 Å². The molecule has 1 aromatic heterocycles. The summed E-state index contributed by atoms with van der Waals surface area (Å²) >= 11 is 17.9. The highest BCUT2D eigenvalue weighted by Gasteiger charge is 2.10. The average molecular weight is 332 g/mol. The second-order valence-electron chi connectivity index (χ2n) is 4.22. The minimum atomic E-state index is 0.384. The van der Waals surface area contributed by atoms with Crippen LogP contribution in [0.3, 0.4) is 0 Å². The molecule has 1 heterocycles. The molecule has 0 bridgehead atoms. The van der Waals surface area contributed by atoms with Crippen LogP contribution >= 0.6 is 34.8 Å². The number of nitrogens with zero attached hydrogens (tertiary/aromatic N) is 1. The summed E-state index contributed by atoms with van der Waals surface area (Å²) in [4.78, 5) is 4.38. The van der Waals surface area contributed by atoms with Gasteiger partial charge in [0.2, 0.25) is 5.88 Å². The third-order valence-electron chi connectivity index (χ3n) is 2.73. The topological polar surface area (TPSA) is 34.1 Å². The molecule has 0 unspecified atom stereocenters. The first-order chi connectivity index (χ1) is 9.51. The van der Waals surface area contributed by atoms with E-state index in [-0.39, 0.29) is 0 Å². The molecule has 0 aliphatic rings. The quantitative estimate of drug-likeness (QED) is 0.812. The van der Waals surface area contributed by atoms with Crippen LogP contribution in [0.1, 0.15) is 11.3 Å². The van der Waals surface area contributed by atoms with Crippen molar-refractivity contribution in [3.63, 3.8) is 0 Å². The van der Waals surface area contributed by atoms with Crippen molar-refractivity contribution in [2.45, 2.75) is 13.5 Å². The van der Waals surface area contributed by atoms with Crippen LogP contribution in [0.15, 0.2) is 24.3 Å². The molecule has 3 nitrogen and oxygen atoms in total. The summed E-state index contributed by atoms with van der Waals surface area (Å²) < 4.78 is 5.65. The summed E-state index contributed by atoms with van der Waals surface area (Å²) in [6.45, 7) is 2.68. The van der Waals surface area contributed by atoms with Crippen molar-refractivity contribution in [1.29, 1.82) is 0 Å². The van der Waals surface area contributed by atoms with Gasteiger partial charge < -0.3 is 10.1 Å². The number of ether oxygens (including phenoxy) is 1. The Balaban J connectivity index is 2.26. The summed E-state index contributed by atoms with van der Waals surface area (Å²) in [5, 5.41) is 4.24. The van der Waals surface area contributed by atoms with E-state index in [4.69, 9.17) is 39.5 Å². The zero-order chi connectivity index (χ0) is 14.7. The lowest BCUT2D eigenvalue weighted by Gasteiger charge is -2.10. The number of aryl methyl sites for hydroxylation is 1. The van der Waals surface area contributed by atoms with Crippen molar-refractivity contribution < 1.29 is 4.74 Å². The van der Waals surface area contributed by atoms with Crippen molar-refractivity contribution in [1.82, 2.24) is 10.3 Å². The number of nitrogens with one attached hydrogen (secondary N) is 1. The standard InChI is InChI=1S/C14H13Cl3N2O/c1-8-9(7-18-2)3-4-14(19-8)20-13-6-11(16)10(15)5-12(13)17/h3-6,18H,7H2,1-2H3. The molecule has 0 amide bonds. The van der Waals surface area contributed by atoms with Crippen LogP contribution in [-0.2, 0) is 6.54 Å². The van der Waals surface area contributed by atoms with Gasteiger partial charge >= 0.3 is 0 Å². The van der Waals surface area contributed by atoms with E-state index in [0.29, 0.717) is 26.7 Å². The van der Waals surface area contributed by atoms with Gasteiger partial charge in [-0.25, -0.2) is 4.98 Å². The van der Waals surface area contributed by atoms with E-state index >= 15 is 0 Å². The molecule has 2 aromatic rings. The van der Waals surface area contributed by atoms with Crippen LogP contribution in [0, 0.1) is 6.92 Å². The van der Waals surface area contributed by atoms with Gasteiger partial charge in [0.05, 0.1) is 15.1 Å². The zero-order valence-corrected chi connectivity index (χ0v) is 13.3. The zero-order valence-electron chi connectivity index (χ0n) is 11.0. The molecule has 0 aliphatic carbocycles. The minimum absolute atomic E-state index is 0.384. The monoisotopic (exact) mass is 330 g/mol. The van der Waals surface area contributed by atoms with Crippen LogP contribution in [0.4, 0.5) is 0 Å². The maximum Gasteiger partial charge on any atom is 0.219 e. The normalized spacial score (nSPS) is 10.7. The Morgan fingerprint density at radius 2 is 1.80 bits per heavy atom. The molecule has 0 aliphatic heterocycles. The molecular weight excluding hydrogens is 319 g/mol. The fourth-order valence-electron chi connectivity index (χ4n) is 1.70. The molecule has 20 heavy (non-hydrogen) atoms. The number of benzene rings is 1. The maximum absolute atomic E-state index is 6.07. The Morgan fingerprint density at radius 1 is 1.10 bits per heavy atom. The summed E-state index contributed by atoms with van der Waals surface area (Å²) in [6, 6.07) is 6.87. The maximum atomic E-state index is 6.07. The van der Waals surface area contributed by atoms with E-state index < -0.39 is 0 Å². The highest BCUT2D eigenvalue weighted by molar-refractivity contribution is 6.43. The molecule has 0 saturated heterocycles. The predicted octanol–water partition coefficient (Wildman–Crippen LogP) is 4.86. The fraction of sp³-hybridized carbons (Fsp3) is 0.214. The molecule has 0 radical (unpaired) electrons. The molecule has 0 saturated carbocycles. The van der Waals surface area contributed by atoms with Gasteiger partial charge in [-0.1, -0.05) is 40.9 Å². The largest absolute Gasteiger partial charge is 0.437 e. The Bertz CT molecular complexity index is 632. The third kappa shape index (κ3) is 3.55. The second-order valence-corrected chi connectivity index (χ2v) is 5.44. The fourth-order valence-corrected chi connectivity index (χ4v) is 2.27. The van der Waals surface area contributed by atoms with Gasteiger partial charge in [0, 0.05) is 24.4 Å². The highest BCUT2D eigenvalue weighted by atomic mass is 35.5. The first kappa shape index (κ1) is 15.4. The van der Waals surface area contributed by atoms with E-state index in [2.05, 4.69) is 10.3 Å². The lowest BCUT2D eigenvalue weighted by atomic mass is 10.2. The lowest BCUT2D eigenvalue weighted by molar-refractivity contribution is 0.461. The van der Waals surface area contributed by atoms with Crippen LogP contribution < -0.4 is 10.1 Å². The Kier molecular flexibility index (Phi) is 5.11.